The summed E-state index contributed by atoms with van der Waals surface area (Å²) in [5.41, 5.74) is 6.11. The fourth-order valence-corrected chi connectivity index (χ4v) is 1.91. The van der Waals surface area contributed by atoms with E-state index < -0.39 is 6.61 Å². The summed E-state index contributed by atoms with van der Waals surface area (Å²) in [6.07, 6.45) is 1.99. The first-order chi connectivity index (χ1) is 9.82. The monoisotopic (exact) mass is 300 g/mol. The van der Waals surface area contributed by atoms with Crippen molar-refractivity contribution in [2.75, 3.05) is 11.9 Å². The molecule has 1 aromatic carbocycles. The molecular formula is C15H22F2N2O2. The van der Waals surface area contributed by atoms with E-state index in [-0.39, 0.29) is 17.1 Å². The average Bonchev–Trinajstić information content (AvgIpc) is 2.38. The summed E-state index contributed by atoms with van der Waals surface area (Å²) in [4.78, 5) is 11.8. The molecule has 0 unspecified atom stereocenters. The third-order valence-corrected chi connectivity index (χ3v) is 3.21. The lowest BCUT2D eigenvalue weighted by Gasteiger charge is -2.23. The smallest absolute Gasteiger partial charge is 0.387 e. The number of benzene rings is 1. The number of nitrogens with one attached hydrogen (secondary N) is 1. The number of anilines is 1. The molecule has 0 spiro atoms. The van der Waals surface area contributed by atoms with Crippen LogP contribution in [0.15, 0.2) is 24.3 Å². The summed E-state index contributed by atoms with van der Waals surface area (Å²) in [5.74, 6) is -0.0466. The largest absolute Gasteiger partial charge is 0.435 e. The van der Waals surface area contributed by atoms with E-state index in [9.17, 15) is 13.6 Å². The lowest BCUT2D eigenvalue weighted by molar-refractivity contribution is -0.116. The molecule has 21 heavy (non-hydrogen) atoms. The third kappa shape index (κ3) is 7.04. The van der Waals surface area contributed by atoms with Crippen molar-refractivity contribution >= 4 is 11.6 Å². The molecule has 3 N–H and O–H groups in total. The normalized spacial score (nSPS) is 11.5. The molecule has 1 aromatic rings. The van der Waals surface area contributed by atoms with Crippen LogP contribution in [0.1, 0.15) is 33.1 Å². The van der Waals surface area contributed by atoms with Crippen LogP contribution in [0.25, 0.3) is 0 Å². The molecule has 4 nitrogen and oxygen atoms in total. The topological polar surface area (TPSA) is 64.4 Å². The number of carbonyl (C=O) groups is 1. The van der Waals surface area contributed by atoms with Gasteiger partial charge in [-0.3, -0.25) is 4.79 Å². The van der Waals surface area contributed by atoms with Crippen molar-refractivity contribution < 1.29 is 18.3 Å². The standard InChI is InChI=1S/C15H22F2N2O2/c1-15(2,9-10-18)8-7-13(20)19-11-3-5-12(6-4-11)21-14(16)17/h3-6,14H,7-10,18H2,1-2H3,(H,19,20). The molecule has 0 aliphatic rings. The molecule has 1 amide bonds. The summed E-state index contributed by atoms with van der Waals surface area (Å²) >= 11 is 0. The van der Waals surface area contributed by atoms with Crippen molar-refractivity contribution in [1.82, 2.24) is 0 Å². The highest BCUT2D eigenvalue weighted by Crippen LogP contribution is 2.26. The minimum atomic E-state index is -2.85. The van der Waals surface area contributed by atoms with Crippen molar-refractivity contribution in [1.29, 1.82) is 0 Å². The number of hydrogen-bond acceptors (Lipinski definition) is 3. The van der Waals surface area contributed by atoms with E-state index in [4.69, 9.17) is 5.73 Å². The number of nitrogens with two attached hydrogens (primary N) is 1. The highest BCUT2D eigenvalue weighted by atomic mass is 19.3. The Bertz CT molecular complexity index is 447. The molecule has 6 heteroatoms. The second kappa shape index (κ2) is 7.93. The Balaban J connectivity index is 2.44. The van der Waals surface area contributed by atoms with Crippen LogP contribution in [0.4, 0.5) is 14.5 Å². The molecule has 1 rings (SSSR count). The third-order valence-electron chi connectivity index (χ3n) is 3.21. The van der Waals surface area contributed by atoms with E-state index >= 15 is 0 Å². The molecule has 0 radical (unpaired) electrons. The number of amides is 1. The Morgan fingerprint density at radius 1 is 1.29 bits per heavy atom. The summed E-state index contributed by atoms with van der Waals surface area (Å²) in [6.45, 7) is 1.89. The van der Waals surface area contributed by atoms with E-state index in [2.05, 4.69) is 23.9 Å². The van der Waals surface area contributed by atoms with Gasteiger partial charge in [0.2, 0.25) is 5.91 Å². The Kier molecular flexibility index (Phi) is 6.55. The lowest BCUT2D eigenvalue weighted by atomic mass is 9.84. The van der Waals surface area contributed by atoms with Gasteiger partial charge < -0.3 is 15.8 Å². The number of halogens is 2. The van der Waals surface area contributed by atoms with Crippen molar-refractivity contribution in [3.63, 3.8) is 0 Å². The Morgan fingerprint density at radius 2 is 1.90 bits per heavy atom. The number of rotatable bonds is 8. The first kappa shape index (κ1) is 17.4. The van der Waals surface area contributed by atoms with E-state index in [0.717, 1.165) is 12.8 Å². The van der Waals surface area contributed by atoms with Crippen molar-refractivity contribution in [3.8, 4) is 5.75 Å². The van der Waals surface area contributed by atoms with E-state index in [1.165, 1.54) is 24.3 Å². The number of carbonyl (C=O) groups excluding carboxylic acids is 1. The highest BCUT2D eigenvalue weighted by molar-refractivity contribution is 5.90. The van der Waals surface area contributed by atoms with Crippen LogP contribution in [0.5, 0.6) is 5.75 Å². The predicted molar refractivity (Wildman–Crippen MR) is 78.4 cm³/mol. The maximum absolute atomic E-state index is 12.0. The molecule has 0 aromatic heterocycles. The minimum Gasteiger partial charge on any atom is -0.435 e. The Morgan fingerprint density at radius 3 is 2.43 bits per heavy atom. The number of hydrogen-bond donors (Lipinski definition) is 2. The van der Waals surface area contributed by atoms with Gasteiger partial charge in [0.25, 0.3) is 0 Å². The van der Waals surface area contributed by atoms with Crippen LogP contribution in [-0.4, -0.2) is 19.1 Å². The summed E-state index contributed by atoms with van der Waals surface area (Å²) in [5, 5.41) is 2.72. The van der Waals surface area contributed by atoms with Crippen LogP contribution in [0, 0.1) is 5.41 Å². The van der Waals surface area contributed by atoms with Crippen LogP contribution >= 0.6 is 0 Å². The van der Waals surface area contributed by atoms with Gasteiger partial charge in [-0.05, 0) is 49.1 Å². The first-order valence-electron chi connectivity index (χ1n) is 6.87. The van der Waals surface area contributed by atoms with Gasteiger partial charge >= 0.3 is 6.61 Å². The van der Waals surface area contributed by atoms with E-state index in [0.29, 0.717) is 18.7 Å². The van der Waals surface area contributed by atoms with Gasteiger partial charge in [0.1, 0.15) is 5.75 Å². The molecule has 0 saturated heterocycles. The van der Waals surface area contributed by atoms with Gasteiger partial charge in [-0.1, -0.05) is 13.8 Å². The number of ether oxygens (including phenoxy) is 1. The zero-order valence-electron chi connectivity index (χ0n) is 12.4. The van der Waals surface area contributed by atoms with E-state index in [1.807, 2.05) is 0 Å². The van der Waals surface area contributed by atoms with Crippen LogP contribution in [0.2, 0.25) is 0 Å². The highest BCUT2D eigenvalue weighted by Gasteiger charge is 2.18. The van der Waals surface area contributed by atoms with Gasteiger partial charge in [0.05, 0.1) is 0 Å². The van der Waals surface area contributed by atoms with Crippen molar-refractivity contribution in [3.05, 3.63) is 24.3 Å². The number of alkyl halides is 2. The van der Waals surface area contributed by atoms with Gasteiger partial charge in [-0.2, -0.15) is 8.78 Å². The average molecular weight is 300 g/mol. The van der Waals surface area contributed by atoms with Crippen LogP contribution < -0.4 is 15.8 Å². The predicted octanol–water partition coefficient (Wildman–Crippen LogP) is 3.38. The molecule has 0 aliphatic carbocycles. The Hall–Kier alpha value is -1.69. The summed E-state index contributed by atoms with van der Waals surface area (Å²) < 4.78 is 28.2. The minimum absolute atomic E-state index is 0.0288. The van der Waals surface area contributed by atoms with Gasteiger partial charge in [-0.25, -0.2) is 0 Å². The lowest BCUT2D eigenvalue weighted by Crippen LogP contribution is -2.20. The van der Waals surface area contributed by atoms with Crippen LogP contribution in [-0.2, 0) is 4.79 Å². The van der Waals surface area contributed by atoms with Gasteiger partial charge in [0.15, 0.2) is 0 Å². The molecule has 0 atom stereocenters. The second-order valence-corrected chi connectivity index (χ2v) is 5.65. The fourth-order valence-electron chi connectivity index (χ4n) is 1.91. The maximum atomic E-state index is 12.0. The molecule has 118 valence electrons. The quantitative estimate of drug-likeness (QED) is 0.773. The van der Waals surface area contributed by atoms with Gasteiger partial charge in [-0.15, -0.1) is 0 Å². The van der Waals surface area contributed by atoms with E-state index in [1.54, 1.807) is 0 Å². The molecule has 0 saturated carbocycles. The molecule has 0 fully saturated rings. The molecule has 0 bridgehead atoms. The zero-order valence-corrected chi connectivity index (χ0v) is 12.4. The molecular weight excluding hydrogens is 278 g/mol. The van der Waals surface area contributed by atoms with Crippen molar-refractivity contribution in [2.45, 2.75) is 39.7 Å². The van der Waals surface area contributed by atoms with Gasteiger partial charge in [0, 0.05) is 12.1 Å². The second-order valence-electron chi connectivity index (χ2n) is 5.65. The Labute approximate surface area is 123 Å². The maximum Gasteiger partial charge on any atom is 0.387 e. The van der Waals surface area contributed by atoms with Crippen LogP contribution in [0.3, 0.4) is 0 Å². The zero-order chi connectivity index (χ0) is 15.9. The SMILES string of the molecule is CC(C)(CCN)CCC(=O)Nc1ccc(OC(F)F)cc1. The first-order valence-corrected chi connectivity index (χ1v) is 6.87. The summed E-state index contributed by atoms with van der Waals surface area (Å²) in [7, 11) is 0. The summed E-state index contributed by atoms with van der Waals surface area (Å²) in [6, 6.07) is 5.83. The van der Waals surface area contributed by atoms with Crippen molar-refractivity contribution in [2.24, 2.45) is 11.1 Å². The fraction of sp³-hybridized carbons (Fsp3) is 0.533. The molecule has 0 aliphatic heterocycles. The molecule has 0 heterocycles.